The lowest BCUT2D eigenvalue weighted by molar-refractivity contribution is -0.384. The fourth-order valence-corrected chi connectivity index (χ4v) is 3.33. The van der Waals surface area contributed by atoms with Gasteiger partial charge in [-0.15, -0.1) is 0 Å². The minimum atomic E-state index is -0.501. The van der Waals surface area contributed by atoms with Crippen molar-refractivity contribution < 1.29 is 14.4 Å². The fraction of sp³-hybridized carbons (Fsp3) is 0.125. The van der Waals surface area contributed by atoms with Crippen LogP contribution in [0.5, 0.6) is 11.5 Å². The predicted octanol–water partition coefficient (Wildman–Crippen LogP) is 6.21. The maximum atomic E-state index is 11.0. The minimum absolute atomic E-state index is 0.0887. The number of halogens is 1. The van der Waals surface area contributed by atoms with Crippen LogP contribution in [0.15, 0.2) is 60.7 Å². The molecule has 0 aliphatic rings. The minimum Gasteiger partial charge on any atom is -0.493 e. The van der Waals surface area contributed by atoms with Gasteiger partial charge in [-0.1, -0.05) is 53.6 Å². The third-order valence-corrected chi connectivity index (χ3v) is 4.80. The van der Waals surface area contributed by atoms with Crippen LogP contribution in [0.3, 0.4) is 0 Å². The van der Waals surface area contributed by atoms with Gasteiger partial charge in [0.05, 0.1) is 28.7 Å². The van der Waals surface area contributed by atoms with E-state index in [4.69, 9.17) is 21.1 Å². The van der Waals surface area contributed by atoms with Crippen LogP contribution in [-0.2, 0) is 6.61 Å². The van der Waals surface area contributed by atoms with Crippen molar-refractivity contribution >= 4 is 28.9 Å². The summed E-state index contributed by atoms with van der Waals surface area (Å²) in [6, 6.07) is 19.3. The number of non-ortho nitro benzene ring substituents is 1. The molecule has 3 aromatic carbocycles. The first kappa shape index (κ1) is 21.9. The van der Waals surface area contributed by atoms with Crippen LogP contribution in [0.25, 0.3) is 11.6 Å². The van der Waals surface area contributed by atoms with Gasteiger partial charge in [0.25, 0.3) is 5.69 Å². The van der Waals surface area contributed by atoms with Gasteiger partial charge in [-0.2, -0.15) is 5.26 Å². The summed E-state index contributed by atoms with van der Waals surface area (Å²) in [5.74, 6) is 0.819. The number of allylic oxidation sites excluding steroid dienone is 1. The van der Waals surface area contributed by atoms with Crippen LogP contribution >= 0.6 is 11.6 Å². The van der Waals surface area contributed by atoms with Gasteiger partial charge < -0.3 is 9.47 Å². The highest BCUT2D eigenvalue weighted by atomic mass is 35.5. The number of nitro groups is 1. The average molecular weight is 435 g/mol. The van der Waals surface area contributed by atoms with E-state index in [9.17, 15) is 15.4 Å². The smallest absolute Gasteiger partial charge is 0.270 e. The summed E-state index contributed by atoms with van der Waals surface area (Å²) in [4.78, 5) is 10.5. The second kappa shape index (κ2) is 9.79. The van der Waals surface area contributed by atoms with Crippen molar-refractivity contribution in [1.29, 1.82) is 5.26 Å². The van der Waals surface area contributed by atoms with E-state index in [-0.39, 0.29) is 11.3 Å². The molecule has 0 amide bonds. The Morgan fingerprint density at radius 3 is 2.65 bits per heavy atom. The zero-order valence-corrected chi connectivity index (χ0v) is 17.7. The standard InChI is InChI=1S/C24H19ClN2O4/c1-16-5-3-6-17(9-16)15-31-24-22(25)11-18(12-23(24)30-2)10-20(14-26)19-7-4-8-21(13-19)27(28)29/h3-13H,15H2,1-2H3/b20-10-. The van der Waals surface area contributed by atoms with Crippen molar-refractivity contribution in [3.63, 3.8) is 0 Å². The Balaban J connectivity index is 1.91. The lowest BCUT2D eigenvalue weighted by Crippen LogP contribution is -1.99. The Bertz CT molecular complexity index is 1200. The summed E-state index contributed by atoms with van der Waals surface area (Å²) in [5, 5.41) is 20.9. The highest BCUT2D eigenvalue weighted by Crippen LogP contribution is 2.38. The number of nitriles is 1. The van der Waals surface area contributed by atoms with Crippen molar-refractivity contribution in [3.8, 4) is 17.6 Å². The van der Waals surface area contributed by atoms with Crippen LogP contribution in [0.2, 0.25) is 5.02 Å². The van der Waals surface area contributed by atoms with Crippen LogP contribution in [0.4, 0.5) is 5.69 Å². The topological polar surface area (TPSA) is 85.4 Å². The monoisotopic (exact) mass is 434 g/mol. The number of methoxy groups -OCH3 is 1. The van der Waals surface area contributed by atoms with Crippen molar-refractivity contribution in [2.24, 2.45) is 0 Å². The number of nitro benzene ring substituents is 1. The summed E-state index contributed by atoms with van der Waals surface area (Å²) in [6.07, 6.45) is 1.60. The SMILES string of the molecule is COc1cc(/C=C(/C#N)c2cccc([N+](=O)[O-])c2)cc(Cl)c1OCc1cccc(C)c1. The Morgan fingerprint density at radius 1 is 1.19 bits per heavy atom. The van der Waals surface area contributed by atoms with E-state index in [1.165, 1.54) is 25.3 Å². The lowest BCUT2D eigenvalue weighted by atomic mass is 10.0. The summed E-state index contributed by atoms with van der Waals surface area (Å²) in [6.45, 7) is 2.33. The quantitative estimate of drug-likeness (QED) is 0.191. The number of aryl methyl sites for hydroxylation is 1. The Hall–Kier alpha value is -3.82. The second-order valence-electron chi connectivity index (χ2n) is 6.79. The summed E-state index contributed by atoms with van der Waals surface area (Å²) in [5.41, 5.74) is 3.34. The molecule has 0 saturated heterocycles. The number of ether oxygens (including phenoxy) is 2. The van der Waals surface area contributed by atoms with Gasteiger partial charge in [0.1, 0.15) is 6.61 Å². The van der Waals surface area contributed by atoms with E-state index >= 15 is 0 Å². The van der Waals surface area contributed by atoms with E-state index in [0.717, 1.165) is 11.1 Å². The van der Waals surface area contributed by atoms with E-state index in [2.05, 4.69) is 6.07 Å². The first-order valence-corrected chi connectivity index (χ1v) is 9.71. The van der Waals surface area contributed by atoms with Crippen LogP contribution in [0, 0.1) is 28.4 Å². The summed E-state index contributed by atoms with van der Waals surface area (Å²) in [7, 11) is 1.50. The fourth-order valence-electron chi connectivity index (χ4n) is 3.05. The van der Waals surface area contributed by atoms with Gasteiger partial charge in [-0.05, 0) is 41.8 Å². The Morgan fingerprint density at radius 2 is 1.97 bits per heavy atom. The first-order valence-electron chi connectivity index (χ1n) is 9.33. The highest BCUT2D eigenvalue weighted by molar-refractivity contribution is 6.32. The number of rotatable bonds is 7. The van der Waals surface area contributed by atoms with E-state index in [1.54, 1.807) is 24.3 Å². The summed E-state index contributed by atoms with van der Waals surface area (Å²) >= 11 is 6.44. The van der Waals surface area contributed by atoms with Crippen molar-refractivity contribution in [1.82, 2.24) is 0 Å². The van der Waals surface area contributed by atoms with Gasteiger partial charge in [0.15, 0.2) is 11.5 Å². The maximum Gasteiger partial charge on any atom is 0.270 e. The molecular weight excluding hydrogens is 416 g/mol. The molecule has 3 rings (SSSR count). The third kappa shape index (κ3) is 5.41. The van der Waals surface area contributed by atoms with Gasteiger partial charge in [-0.3, -0.25) is 10.1 Å². The zero-order chi connectivity index (χ0) is 22.4. The molecule has 6 nitrogen and oxygen atoms in total. The normalized spacial score (nSPS) is 11.0. The molecule has 7 heteroatoms. The molecule has 0 saturated carbocycles. The molecule has 0 aliphatic heterocycles. The molecule has 0 fully saturated rings. The van der Waals surface area contributed by atoms with E-state index < -0.39 is 4.92 Å². The van der Waals surface area contributed by atoms with Gasteiger partial charge >= 0.3 is 0 Å². The lowest BCUT2D eigenvalue weighted by Gasteiger charge is -2.14. The molecule has 0 aliphatic carbocycles. The molecule has 0 aromatic heterocycles. The van der Waals surface area contributed by atoms with Crippen molar-refractivity contribution in [2.45, 2.75) is 13.5 Å². The molecule has 0 spiro atoms. The molecule has 3 aromatic rings. The van der Waals surface area contributed by atoms with Crippen molar-refractivity contribution in [2.75, 3.05) is 7.11 Å². The van der Waals surface area contributed by atoms with Crippen LogP contribution < -0.4 is 9.47 Å². The number of benzene rings is 3. The second-order valence-corrected chi connectivity index (χ2v) is 7.20. The molecule has 0 unspecified atom stereocenters. The number of nitrogens with zero attached hydrogens (tertiary/aromatic N) is 2. The Kier molecular flexibility index (Phi) is 6.91. The molecule has 156 valence electrons. The maximum absolute atomic E-state index is 11.0. The van der Waals surface area contributed by atoms with E-state index in [0.29, 0.717) is 34.3 Å². The highest BCUT2D eigenvalue weighted by Gasteiger charge is 2.14. The molecule has 0 atom stereocenters. The Labute approximate surface area is 185 Å². The number of hydrogen-bond donors (Lipinski definition) is 0. The van der Waals surface area contributed by atoms with E-state index in [1.807, 2.05) is 31.2 Å². The third-order valence-electron chi connectivity index (χ3n) is 4.52. The number of hydrogen-bond acceptors (Lipinski definition) is 5. The van der Waals surface area contributed by atoms with Crippen LogP contribution in [-0.4, -0.2) is 12.0 Å². The van der Waals surface area contributed by atoms with Gasteiger partial charge in [0, 0.05) is 12.1 Å². The molecule has 0 bridgehead atoms. The predicted molar refractivity (Wildman–Crippen MR) is 120 cm³/mol. The molecular formula is C24H19ClN2O4. The average Bonchev–Trinajstić information content (AvgIpc) is 2.76. The molecule has 0 heterocycles. The van der Waals surface area contributed by atoms with Gasteiger partial charge in [-0.25, -0.2) is 0 Å². The first-order chi connectivity index (χ1) is 14.9. The largest absolute Gasteiger partial charge is 0.493 e. The molecule has 0 N–H and O–H groups in total. The van der Waals surface area contributed by atoms with Crippen LogP contribution in [0.1, 0.15) is 22.3 Å². The summed E-state index contributed by atoms with van der Waals surface area (Å²) < 4.78 is 11.3. The zero-order valence-electron chi connectivity index (χ0n) is 17.0. The molecule has 0 radical (unpaired) electrons. The molecule has 31 heavy (non-hydrogen) atoms. The van der Waals surface area contributed by atoms with Gasteiger partial charge in [0.2, 0.25) is 0 Å². The van der Waals surface area contributed by atoms with Crippen molar-refractivity contribution in [3.05, 3.63) is 98.1 Å².